The first-order valence-corrected chi connectivity index (χ1v) is 7.47. The number of carbonyl (C=O) groups excluding carboxylic acids is 1. The Bertz CT molecular complexity index is 413. The van der Waals surface area contributed by atoms with Gasteiger partial charge in [-0.25, -0.2) is 0 Å². The van der Waals surface area contributed by atoms with E-state index in [1.165, 1.54) is 0 Å². The summed E-state index contributed by atoms with van der Waals surface area (Å²) >= 11 is 0. The summed E-state index contributed by atoms with van der Waals surface area (Å²) in [5.74, 6) is 0.236. The molecule has 0 N–H and O–H groups in total. The normalized spacial score (nSPS) is 25.1. The second-order valence-electron chi connectivity index (χ2n) is 7.07. The molecule has 1 amide bonds. The van der Waals surface area contributed by atoms with Crippen molar-refractivity contribution in [1.82, 2.24) is 4.90 Å². The van der Waals surface area contributed by atoms with Gasteiger partial charge in [0.05, 0.1) is 11.2 Å². The second-order valence-corrected chi connectivity index (χ2v) is 7.07. The Morgan fingerprint density at radius 1 is 1.25 bits per heavy atom. The molecule has 0 saturated carbocycles. The van der Waals surface area contributed by atoms with Gasteiger partial charge < -0.3 is 14.2 Å². The Morgan fingerprint density at radius 3 is 2.30 bits per heavy atom. The molecule has 0 radical (unpaired) electrons. The van der Waals surface area contributed by atoms with Crippen LogP contribution in [0.25, 0.3) is 0 Å². The zero-order chi connectivity index (χ0) is 15.1. The van der Waals surface area contributed by atoms with Gasteiger partial charge in [0.2, 0.25) is 5.91 Å². The molecule has 0 aliphatic carbocycles. The third-order valence-electron chi connectivity index (χ3n) is 4.54. The van der Waals surface area contributed by atoms with Crippen molar-refractivity contribution in [3.63, 3.8) is 0 Å². The van der Waals surface area contributed by atoms with Gasteiger partial charge in [0.15, 0.2) is 0 Å². The van der Waals surface area contributed by atoms with Crippen molar-refractivity contribution in [2.45, 2.75) is 59.2 Å². The minimum atomic E-state index is -0.331. The topological polar surface area (TPSA) is 38.8 Å². The van der Waals surface area contributed by atoms with Crippen LogP contribution >= 0.6 is 0 Å². The third-order valence-corrected chi connectivity index (χ3v) is 4.54. The first-order valence-electron chi connectivity index (χ1n) is 7.47. The number of rotatable bonds is 2. The molecule has 0 aromatic carbocycles. The summed E-state index contributed by atoms with van der Waals surface area (Å²) in [4.78, 5) is 14.0. The predicted octanol–water partition coefficient (Wildman–Crippen LogP) is 2.43. The van der Waals surface area contributed by atoms with Crippen molar-refractivity contribution in [3.05, 3.63) is 11.5 Å². The molecular weight excluding hydrogens is 253 g/mol. The zero-order valence-corrected chi connectivity index (χ0v) is 13.5. The highest BCUT2D eigenvalue weighted by Crippen LogP contribution is 2.39. The van der Waals surface area contributed by atoms with Crippen LogP contribution in [0.2, 0.25) is 0 Å². The maximum atomic E-state index is 12.1. The molecule has 4 nitrogen and oxygen atoms in total. The van der Waals surface area contributed by atoms with Gasteiger partial charge >= 0.3 is 7.12 Å². The third kappa shape index (κ3) is 2.79. The summed E-state index contributed by atoms with van der Waals surface area (Å²) in [5.41, 5.74) is 0.412. The van der Waals surface area contributed by atoms with Crippen molar-refractivity contribution in [1.29, 1.82) is 0 Å². The number of amides is 1. The van der Waals surface area contributed by atoms with Gasteiger partial charge in [-0.1, -0.05) is 19.9 Å². The molecular formula is C15H26BNO3. The maximum absolute atomic E-state index is 12.1. The van der Waals surface area contributed by atoms with Crippen molar-refractivity contribution in [2.75, 3.05) is 13.1 Å². The maximum Gasteiger partial charge on any atom is 0.492 e. The highest BCUT2D eigenvalue weighted by Gasteiger charge is 2.52. The van der Waals surface area contributed by atoms with E-state index in [9.17, 15) is 4.79 Å². The quantitative estimate of drug-likeness (QED) is 0.729. The zero-order valence-electron chi connectivity index (χ0n) is 13.5. The van der Waals surface area contributed by atoms with Crippen LogP contribution in [0.5, 0.6) is 0 Å². The van der Waals surface area contributed by atoms with Gasteiger partial charge in [0.1, 0.15) is 0 Å². The summed E-state index contributed by atoms with van der Waals surface area (Å²) in [7, 11) is -0.331. The minimum absolute atomic E-state index is 0.0349. The predicted molar refractivity (Wildman–Crippen MR) is 80.2 cm³/mol. The van der Waals surface area contributed by atoms with Gasteiger partial charge in [-0.3, -0.25) is 4.79 Å². The lowest BCUT2D eigenvalue weighted by Crippen LogP contribution is -2.42. The fourth-order valence-electron chi connectivity index (χ4n) is 2.49. The molecule has 0 atom stereocenters. The van der Waals surface area contributed by atoms with Gasteiger partial charge in [-0.2, -0.15) is 0 Å². The summed E-state index contributed by atoms with van der Waals surface area (Å²) in [6.07, 6.45) is 3.03. The average Bonchev–Trinajstić information content (AvgIpc) is 2.57. The largest absolute Gasteiger partial charge is 0.492 e. The highest BCUT2D eigenvalue weighted by molar-refractivity contribution is 6.54. The van der Waals surface area contributed by atoms with E-state index in [0.29, 0.717) is 6.54 Å². The lowest BCUT2D eigenvalue weighted by molar-refractivity contribution is -0.134. The van der Waals surface area contributed by atoms with E-state index < -0.39 is 0 Å². The van der Waals surface area contributed by atoms with E-state index in [4.69, 9.17) is 9.31 Å². The van der Waals surface area contributed by atoms with Crippen molar-refractivity contribution in [2.24, 2.45) is 5.92 Å². The molecule has 1 saturated heterocycles. The standard InChI is InChI=1S/C15H26BNO3/c1-11(2)13(18)17-9-7-8-12(10-17)16-19-14(3,4)15(5,6)20-16/h8,11H,7,9-10H2,1-6H3. The summed E-state index contributed by atoms with van der Waals surface area (Å²) in [6, 6.07) is 0. The summed E-state index contributed by atoms with van der Waals surface area (Å²) in [6.45, 7) is 13.5. The van der Waals surface area contributed by atoms with Gasteiger partial charge in [0.25, 0.3) is 0 Å². The van der Waals surface area contributed by atoms with Gasteiger partial charge in [0, 0.05) is 19.0 Å². The van der Waals surface area contributed by atoms with Crippen LogP contribution in [0.3, 0.4) is 0 Å². The number of hydrogen-bond acceptors (Lipinski definition) is 3. The van der Waals surface area contributed by atoms with Gasteiger partial charge in [-0.15, -0.1) is 0 Å². The molecule has 0 spiro atoms. The van der Waals surface area contributed by atoms with E-state index in [-0.39, 0.29) is 30.1 Å². The van der Waals surface area contributed by atoms with Crippen molar-refractivity contribution < 1.29 is 14.1 Å². The molecule has 0 aromatic rings. The molecule has 0 aromatic heterocycles. The Kier molecular flexibility index (Phi) is 4.04. The molecule has 112 valence electrons. The lowest BCUT2D eigenvalue weighted by atomic mass is 9.76. The number of hydrogen-bond donors (Lipinski definition) is 0. The Morgan fingerprint density at radius 2 is 1.80 bits per heavy atom. The Balaban J connectivity index is 2.08. The molecule has 1 fully saturated rings. The summed E-state index contributed by atoms with van der Waals surface area (Å²) < 4.78 is 12.1. The first kappa shape index (κ1) is 15.6. The van der Waals surface area contributed by atoms with Crippen LogP contribution in [-0.4, -0.2) is 42.2 Å². The molecule has 2 aliphatic rings. The van der Waals surface area contributed by atoms with Crippen LogP contribution in [0.15, 0.2) is 11.5 Å². The fourth-order valence-corrected chi connectivity index (χ4v) is 2.49. The summed E-state index contributed by atoms with van der Waals surface area (Å²) in [5, 5.41) is 0. The average molecular weight is 279 g/mol. The number of carbonyl (C=O) groups is 1. The monoisotopic (exact) mass is 279 g/mol. The van der Waals surface area contributed by atoms with Crippen LogP contribution < -0.4 is 0 Å². The molecule has 0 bridgehead atoms. The van der Waals surface area contributed by atoms with E-state index in [2.05, 4.69) is 6.08 Å². The van der Waals surface area contributed by atoms with Crippen LogP contribution in [-0.2, 0) is 14.1 Å². The second kappa shape index (κ2) is 5.19. The molecule has 2 heterocycles. The molecule has 5 heteroatoms. The molecule has 20 heavy (non-hydrogen) atoms. The molecule has 0 unspecified atom stereocenters. The molecule has 2 rings (SSSR count). The number of nitrogens with zero attached hydrogens (tertiary/aromatic N) is 1. The van der Waals surface area contributed by atoms with E-state index in [0.717, 1.165) is 18.4 Å². The van der Waals surface area contributed by atoms with Gasteiger partial charge in [-0.05, 0) is 39.6 Å². The Hall–Kier alpha value is -0.805. The minimum Gasteiger partial charge on any atom is -0.400 e. The SMILES string of the molecule is CC(C)C(=O)N1CCC=C(B2OC(C)(C)C(C)(C)O2)C1. The van der Waals surface area contributed by atoms with E-state index >= 15 is 0 Å². The smallest absolute Gasteiger partial charge is 0.400 e. The molecule has 2 aliphatic heterocycles. The highest BCUT2D eigenvalue weighted by atomic mass is 16.7. The van der Waals surface area contributed by atoms with Crippen LogP contribution in [0.1, 0.15) is 48.0 Å². The van der Waals surface area contributed by atoms with E-state index in [1.807, 2.05) is 46.4 Å². The fraction of sp³-hybridized carbons (Fsp3) is 0.800. The van der Waals surface area contributed by atoms with E-state index in [1.54, 1.807) is 0 Å². The van der Waals surface area contributed by atoms with Crippen molar-refractivity contribution in [3.8, 4) is 0 Å². The van der Waals surface area contributed by atoms with Crippen LogP contribution in [0, 0.1) is 5.92 Å². The van der Waals surface area contributed by atoms with Crippen molar-refractivity contribution >= 4 is 13.0 Å². The first-order chi connectivity index (χ1) is 9.14. The lowest BCUT2D eigenvalue weighted by Gasteiger charge is -2.32. The van der Waals surface area contributed by atoms with Crippen LogP contribution in [0.4, 0.5) is 0 Å². The Labute approximate surface area is 122 Å².